The van der Waals surface area contributed by atoms with E-state index in [0.29, 0.717) is 19.1 Å². The third-order valence-corrected chi connectivity index (χ3v) is 2.13. The minimum absolute atomic E-state index is 0.157. The van der Waals surface area contributed by atoms with Gasteiger partial charge in [0.25, 0.3) is 0 Å². The Labute approximate surface area is 81.2 Å². The first-order chi connectivity index (χ1) is 6.02. The van der Waals surface area contributed by atoms with E-state index >= 15 is 0 Å². The summed E-state index contributed by atoms with van der Waals surface area (Å²) in [4.78, 5) is 0. The Balaban J connectivity index is 3.68. The average molecular weight is 188 g/mol. The second-order valence-corrected chi connectivity index (χ2v) is 4.04. The van der Waals surface area contributed by atoms with Gasteiger partial charge in [-0.15, -0.1) is 0 Å². The minimum Gasteiger partial charge on any atom is -0.330 e. The van der Waals surface area contributed by atoms with Crippen LogP contribution in [0.25, 0.3) is 0 Å². The van der Waals surface area contributed by atoms with Crippen LogP contribution < -0.4 is 22.5 Å². The summed E-state index contributed by atoms with van der Waals surface area (Å²) >= 11 is 0. The van der Waals surface area contributed by atoms with Crippen molar-refractivity contribution in [2.45, 2.75) is 38.3 Å². The third-order valence-electron chi connectivity index (χ3n) is 2.13. The van der Waals surface area contributed by atoms with Crippen LogP contribution >= 0.6 is 0 Å². The van der Waals surface area contributed by atoms with Crippen molar-refractivity contribution in [1.29, 1.82) is 0 Å². The van der Waals surface area contributed by atoms with Crippen LogP contribution in [0.5, 0.6) is 0 Å². The van der Waals surface area contributed by atoms with Crippen molar-refractivity contribution in [2.75, 3.05) is 19.6 Å². The molecule has 0 rings (SSSR count). The molecule has 0 aliphatic carbocycles. The summed E-state index contributed by atoms with van der Waals surface area (Å²) < 4.78 is 0. The largest absolute Gasteiger partial charge is 0.330 e. The van der Waals surface area contributed by atoms with Crippen molar-refractivity contribution >= 4 is 0 Å². The Kier molecular flexibility index (Phi) is 6.24. The quantitative estimate of drug-likeness (QED) is 0.428. The molecule has 4 nitrogen and oxygen atoms in total. The van der Waals surface area contributed by atoms with E-state index < -0.39 is 0 Å². The number of rotatable bonds is 7. The van der Waals surface area contributed by atoms with Crippen molar-refractivity contribution in [3.05, 3.63) is 0 Å². The highest BCUT2D eigenvalue weighted by Gasteiger charge is 2.19. The molecule has 0 bridgehead atoms. The molecule has 0 radical (unpaired) electrons. The van der Waals surface area contributed by atoms with E-state index in [0.717, 1.165) is 19.4 Å². The summed E-state index contributed by atoms with van der Waals surface area (Å²) in [5.74, 6) is 0. The van der Waals surface area contributed by atoms with Gasteiger partial charge in [-0.05, 0) is 33.2 Å². The first-order valence-electron chi connectivity index (χ1n) is 4.94. The number of hydrogen-bond acceptors (Lipinski definition) is 4. The maximum atomic E-state index is 6.05. The van der Waals surface area contributed by atoms with Crippen molar-refractivity contribution in [1.82, 2.24) is 5.32 Å². The fourth-order valence-corrected chi connectivity index (χ4v) is 1.53. The molecule has 0 aromatic heterocycles. The molecule has 0 aliphatic rings. The highest BCUT2D eigenvalue weighted by atomic mass is 14.9. The summed E-state index contributed by atoms with van der Waals surface area (Å²) in [6.07, 6.45) is 1.80. The summed E-state index contributed by atoms with van der Waals surface area (Å²) in [6.45, 7) is 6.33. The Morgan fingerprint density at radius 1 is 1.31 bits per heavy atom. The summed E-state index contributed by atoms with van der Waals surface area (Å²) in [5.41, 5.74) is 16.7. The van der Waals surface area contributed by atoms with Crippen LogP contribution in [0.15, 0.2) is 0 Å². The van der Waals surface area contributed by atoms with E-state index in [1.54, 1.807) is 0 Å². The zero-order chi connectivity index (χ0) is 10.3. The van der Waals surface area contributed by atoms with Gasteiger partial charge in [0.05, 0.1) is 0 Å². The van der Waals surface area contributed by atoms with E-state index in [2.05, 4.69) is 12.2 Å². The molecule has 0 aromatic rings. The first kappa shape index (κ1) is 12.8. The Bertz CT molecular complexity index is 125. The highest BCUT2D eigenvalue weighted by molar-refractivity contribution is 4.83. The molecule has 0 spiro atoms. The second kappa shape index (κ2) is 6.32. The molecule has 0 aromatic carbocycles. The second-order valence-electron chi connectivity index (χ2n) is 4.04. The van der Waals surface area contributed by atoms with Gasteiger partial charge in [0.1, 0.15) is 0 Å². The lowest BCUT2D eigenvalue weighted by Gasteiger charge is -2.28. The Morgan fingerprint density at radius 2 is 1.92 bits per heavy atom. The van der Waals surface area contributed by atoms with Gasteiger partial charge in [0.15, 0.2) is 0 Å². The van der Waals surface area contributed by atoms with Gasteiger partial charge < -0.3 is 22.5 Å². The number of nitrogens with one attached hydrogen (secondary N) is 1. The molecule has 4 heteroatoms. The van der Waals surface area contributed by atoms with Gasteiger partial charge >= 0.3 is 0 Å². The standard InChI is InChI=1S/C9H24N4/c1-8(13-6-5-11)7-9(2,12)3-4-10/h8,13H,3-7,10-12H2,1-2H3. The van der Waals surface area contributed by atoms with Crippen LogP contribution in [0.4, 0.5) is 0 Å². The van der Waals surface area contributed by atoms with E-state index in [-0.39, 0.29) is 5.54 Å². The monoisotopic (exact) mass is 188 g/mol. The number of hydrogen-bond donors (Lipinski definition) is 4. The topological polar surface area (TPSA) is 90.1 Å². The van der Waals surface area contributed by atoms with Crippen molar-refractivity contribution in [3.8, 4) is 0 Å². The van der Waals surface area contributed by atoms with Crippen molar-refractivity contribution in [3.63, 3.8) is 0 Å². The van der Waals surface area contributed by atoms with Gasteiger partial charge in [0, 0.05) is 24.7 Å². The zero-order valence-electron chi connectivity index (χ0n) is 8.84. The summed E-state index contributed by atoms with van der Waals surface area (Å²) in [6, 6.07) is 0.407. The fourth-order valence-electron chi connectivity index (χ4n) is 1.53. The average Bonchev–Trinajstić information content (AvgIpc) is 1.99. The van der Waals surface area contributed by atoms with E-state index in [4.69, 9.17) is 17.2 Å². The predicted octanol–water partition coefficient (Wildman–Crippen LogP) is -0.620. The maximum Gasteiger partial charge on any atom is 0.0152 e. The lowest BCUT2D eigenvalue weighted by molar-refractivity contribution is 0.350. The lowest BCUT2D eigenvalue weighted by atomic mass is 9.91. The van der Waals surface area contributed by atoms with Gasteiger partial charge in [-0.3, -0.25) is 0 Å². The molecule has 13 heavy (non-hydrogen) atoms. The Hall–Kier alpha value is -0.160. The molecule has 7 N–H and O–H groups in total. The number of nitrogens with two attached hydrogens (primary N) is 3. The van der Waals surface area contributed by atoms with E-state index in [1.807, 2.05) is 6.92 Å². The van der Waals surface area contributed by atoms with Crippen LogP contribution in [0, 0.1) is 0 Å². The normalized spacial score (nSPS) is 18.2. The molecule has 2 unspecified atom stereocenters. The first-order valence-corrected chi connectivity index (χ1v) is 4.94. The van der Waals surface area contributed by atoms with Gasteiger partial charge in [-0.25, -0.2) is 0 Å². The third kappa shape index (κ3) is 6.95. The molecule has 0 amide bonds. The molecule has 0 heterocycles. The lowest BCUT2D eigenvalue weighted by Crippen LogP contribution is -2.45. The minimum atomic E-state index is -0.157. The van der Waals surface area contributed by atoms with Crippen molar-refractivity contribution in [2.24, 2.45) is 17.2 Å². The molecule has 0 aliphatic heterocycles. The van der Waals surface area contributed by atoms with Crippen LogP contribution in [0.3, 0.4) is 0 Å². The van der Waals surface area contributed by atoms with Gasteiger partial charge in [-0.1, -0.05) is 0 Å². The molecule has 0 fully saturated rings. The smallest absolute Gasteiger partial charge is 0.0152 e. The van der Waals surface area contributed by atoms with Gasteiger partial charge in [0.2, 0.25) is 0 Å². The molecule has 0 saturated heterocycles. The van der Waals surface area contributed by atoms with Crippen LogP contribution in [0.1, 0.15) is 26.7 Å². The fraction of sp³-hybridized carbons (Fsp3) is 1.00. The predicted molar refractivity (Wildman–Crippen MR) is 57.4 cm³/mol. The Morgan fingerprint density at radius 3 is 2.38 bits per heavy atom. The highest BCUT2D eigenvalue weighted by Crippen LogP contribution is 2.12. The molecular formula is C9H24N4. The summed E-state index contributed by atoms with van der Waals surface area (Å²) in [5, 5.41) is 3.30. The molecular weight excluding hydrogens is 164 g/mol. The maximum absolute atomic E-state index is 6.05. The molecule has 80 valence electrons. The van der Waals surface area contributed by atoms with Crippen LogP contribution in [-0.2, 0) is 0 Å². The van der Waals surface area contributed by atoms with Crippen LogP contribution in [-0.4, -0.2) is 31.2 Å². The zero-order valence-corrected chi connectivity index (χ0v) is 8.84. The molecule has 0 saturated carbocycles. The van der Waals surface area contributed by atoms with Gasteiger partial charge in [-0.2, -0.15) is 0 Å². The van der Waals surface area contributed by atoms with E-state index in [9.17, 15) is 0 Å². The SMILES string of the molecule is CC(CC(C)(N)CCN)NCCN. The summed E-state index contributed by atoms with van der Waals surface area (Å²) in [7, 11) is 0. The molecule has 2 atom stereocenters. The van der Waals surface area contributed by atoms with Crippen LogP contribution in [0.2, 0.25) is 0 Å². The van der Waals surface area contributed by atoms with E-state index in [1.165, 1.54) is 0 Å². The van der Waals surface area contributed by atoms with Crippen molar-refractivity contribution < 1.29 is 0 Å².